The summed E-state index contributed by atoms with van der Waals surface area (Å²) in [5, 5.41) is 0. The number of ketones is 1. The summed E-state index contributed by atoms with van der Waals surface area (Å²) in [5.74, 6) is 1.10. The molecule has 0 bridgehead atoms. The molecule has 2 rings (SSSR count). The number of rotatable bonds is 3. The van der Waals surface area contributed by atoms with Crippen molar-refractivity contribution >= 4 is 5.78 Å². The second-order valence-electron chi connectivity index (χ2n) is 4.30. The van der Waals surface area contributed by atoms with E-state index in [2.05, 4.69) is 6.92 Å². The van der Waals surface area contributed by atoms with Crippen LogP contribution in [0.4, 0.5) is 0 Å². The normalized spacial score (nSPS) is 15.4. The van der Waals surface area contributed by atoms with Crippen LogP contribution in [-0.4, -0.2) is 12.4 Å². The first-order valence-corrected chi connectivity index (χ1v) is 6.10. The number of carbonyl (C=O) groups is 1. The van der Waals surface area contributed by atoms with Crippen LogP contribution in [0.5, 0.6) is 5.75 Å². The Morgan fingerprint density at radius 3 is 2.88 bits per heavy atom. The van der Waals surface area contributed by atoms with Crippen molar-refractivity contribution in [2.75, 3.05) is 6.61 Å². The third kappa shape index (κ3) is 2.43. The number of ether oxygens (including phenoxy) is 1. The van der Waals surface area contributed by atoms with Crippen LogP contribution >= 0.6 is 0 Å². The van der Waals surface area contributed by atoms with Crippen molar-refractivity contribution in [1.29, 1.82) is 0 Å². The van der Waals surface area contributed by atoms with Crippen LogP contribution in [0.15, 0.2) is 18.2 Å². The number of fused-ring (bicyclic) bond motifs is 1. The highest BCUT2D eigenvalue weighted by Gasteiger charge is 2.15. The van der Waals surface area contributed by atoms with Gasteiger partial charge in [-0.2, -0.15) is 0 Å². The lowest BCUT2D eigenvalue weighted by Crippen LogP contribution is -2.02. The van der Waals surface area contributed by atoms with Gasteiger partial charge in [-0.05, 0) is 43.4 Å². The fourth-order valence-electron chi connectivity index (χ4n) is 2.08. The zero-order valence-corrected chi connectivity index (χ0v) is 9.79. The maximum absolute atomic E-state index is 11.9. The Balaban J connectivity index is 2.24. The molecule has 86 valence electrons. The summed E-state index contributed by atoms with van der Waals surface area (Å²) in [4.78, 5) is 11.9. The fraction of sp³-hybridized carbons (Fsp3) is 0.500. The smallest absolute Gasteiger partial charge is 0.163 e. The molecular formula is C14H18O2. The standard InChI is InChI=1S/C14H18O2/c1-2-9-16-12-8-7-11-5-3-4-6-14(15)13(11)10-12/h7-8,10H,2-6,9H2,1H3. The lowest BCUT2D eigenvalue weighted by molar-refractivity contribution is 0.0981. The van der Waals surface area contributed by atoms with Crippen LogP contribution in [0.3, 0.4) is 0 Å². The van der Waals surface area contributed by atoms with E-state index in [4.69, 9.17) is 4.74 Å². The lowest BCUT2D eigenvalue weighted by atomic mass is 10.0. The highest BCUT2D eigenvalue weighted by Crippen LogP contribution is 2.24. The average molecular weight is 218 g/mol. The molecule has 0 aromatic heterocycles. The summed E-state index contributed by atoms with van der Waals surface area (Å²) < 4.78 is 5.56. The van der Waals surface area contributed by atoms with Gasteiger partial charge < -0.3 is 4.74 Å². The van der Waals surface area contributed by atoms with Gasteiger partial charge in [0.05, 0.1) is 6.61 Å². The van der Waals surface area contributed by atoms with Crippen molar-refractivity contribution < 1.29 is 9.53 Å². The van der Waals surface area contributed by atoms with Crippen molar-refractivity contribution in [3.63, 3.8) is 0 Å². The van der Waals surface area contributed by atoms with Gasteiger partial charge in [-0.1, -0.05) is 13.0 Å². The third-order valence-corrected chi connectivity index (χ3v) is 2.95. The van der Waals surface area contributed by atoms with Gasteiger partial charge in [0.2, 0.25) is 0 Å². The number of Topliss-reactive ketones (excluding diaryl/α,β-unsaturated/α-hetero) is 1. The van der Waals surface area contributed by atoms with E-state index in [1.165, 1.54) is 5.56 Å². The van der Waals surface area contributed by atoms with Crippen molar-refractivity contribution in [2.45, 2.75) is 39.0 Å². The SMILES string of the molecule is CCCOc1ccc2c(c1)C(=O)CCCC2. The number of hydrogen-bond donors (Lipinski definition) is 0. The molecule has 0 saturated carbocycles. The molecule has 0 aliphatic heterocycles. The predicted molar refractivity (Wildman–Crippen MR) is 64.1 cm³/mol. The zero-order chi connectivity index (χ0) is 11.4. The van der Waals surface area contributed by atoms with E-state index < -0.39 is 0 Å². The first kappa shape index (κ1) is 11.2. The minimum Gasteiger partial charge on any atom is -0.494 e. The third-order valence-electron chi connectivity index (χ3n) is 2.95. The zero-order valence-electron chi connectivity index (χ0n) is 9.79. The quantitative estimate of drug-likeness (QED) is 0.727. The Hall–Kier alpha value is -1.31. The van der Waals surface area contributed by atoms with E-state index >= 15 is 0 Å². The molecule has 0 atom stereocenters. The summed E-state index contributed by atoms with van der Waals surface area (Å²) in [6.07, 6.45) is 4.83. The van der Waals surface area contributed by atoms with Gasteiger partial charge in [0.1, 0.15) is 5.75 Å². The topological polar surface area (TPSA) is 26.3 Å². The van der Waals surface area contributed by atoms with Gasteiger partial charge in [-0.25, -0.2) is 0 Å². The molecule has 2 nitrogen and oxygen atoms in total. The summed E-state index contributed by atoms with van der Waals surface area (Å²) in [6.45, 7) is 2.79. The van der Waals surface area contributed by atoms with E-state index in [0.717, 1.165) is 37.0 Å². The maximum atomic E-state index is 11.9. The van der Waals surface area contributed by atoms with E-state index in [-0.39, 0.29) is 5.78 Å². The molecule has 0 unspecified atom stereocenters. The van der Waals surface area contributed by atoms with Gasteiger partial charge in [0.15, 0.2) is 5.78 Å². The van der Waals surface area contributed by atoms with Gasteiger partial charge in [0.25, 0.3) is 0 Å². The second kappa shape index (κ2) is 5.15. The van der Waals surface area contributed by atoms with Crippen molar-refractivity contribution in [3.05, 3.63) is 29.3 Å². The van der Waals surface area contributed by atoms with E-state index in [1.54, 1.807) is 0 Å². The van der Waals surface area contributed by atoms with Crippen LogP contribution < -0.4 is 4.74 Å². The van der Waals surface area contributed by atoms with Gasteiger partial charge in [0, 0.05) is 12.0 Å². The van der Waals surface area contributed by atoms with Gasteiger partial charge in [-0.3, -0.25) is 4.79 Å². The number of carbonyl (C=O) groups excluding carboxylic acids is 1. The second-order valence-corrected chi connectivity index (χ2v) is 4.30. The monoisotopic (exact) mass is 218 g/mol. The minimum absolute atomic E-state index is 0.273. The Morgan fingerprint density at radius 1 is 1.25 bits per heavy atom. The molecular weight excluding hydrogens is 200 g/mol. The van der Waals surface area contributed by atoms with Crippen molar-refractivity contribution in [2.24, 2.45) is 0 Å². The Kier molecular flexibility index (Phi) is 3.60. The fourth-order valence-corrected chi connectivity index (χ4v) is 2.08. The molecule has 0 spiro atoms. The molecule has 0 radical (unpaired) electrons. The molecule has 0 fully saturated rings. The Morgan fingerprint density at radius 2 is 2.06 bits per heavy atom. The highest BCUT2D eigenvalue weighted by molar-refractivity contribution is 5.98. The first-order valence-electron chi connectivity index (χ1n) is 6.10. The van der Waals surface area contributed by atoms with Crippen LogP contribution in [0.1, 0.15) is 48.5 Å². The summed E-state index contributed by atoms with van der Waals surface area (Å²) in [7, 11) is 0. The summed E-state index contributed by atoms with van der Waals surface area (Å²) in [5.41, 5.74) is 2.07. The first-order chi connectivity index (χ1) is 7.81. The van der Waals surface area contributed by atoms with E-state index in [1.807, 2.05) is 18.2 Å². The van der Waals surface area contributed by atoms with Crippen molar-refractivity contribution in [3.8, 4) is 5.75 Å². The number of hydrogen-bond acceptors (Lipinski definition) is 2. The summed E-state index contributed by atoms with van der Waals surface area (Å²) in [6, 6.07) is 5.94. The van der Waals surface area contributed by atoms with Crippen LogP contribution in [-0.2, 0) is 6.42 Å². The Labute approximate surface area is 96.6 Å². The average Bonchev–Trinajstić information content (AvgIpc) is 2.49. The molecule has 2 heteroatoms. The maximum Gasteiger partial charge on any atom is 0.163 e. The molecule has 1 aromatic carbocycles. The number of aryl methyl sites for hydroxylation is 1. The summed E-state index contributed by atoms with van der Waals surface area (Å²) >= 11 is 0. The molecule has 1 aromatic rings. The van der Waals surface area contributed by atoms with E-state index in [9.17, 15) is 4.79 Å². The van der Waals surface area contributed by atoms with E-state index in [0.29, 0.717) is 13.0 Å². The highest BCUT2D eigenvalue weighted by atomic mass is 16.5. The van der Waals surface area contributed by atoms with Crippen molar-refractivity contribution in [1.82, 2.24) is 0 Å². The lowest BCUT2D eigenvalue weighted by Gasteiger charge is -2.09. The Bertz CT molecular complexity index is 382. The molecule has 16 heavy (non-hydrogen) atoms. The molecule has 0 amide bonds. The molecule has 1 aliphatic rings. The molecule has 0 heterocycles. The van der Waals surface area contributed by atoms with Crippen LogP contribution in [0.2, 0.25) is 0 Å². The van der Waals surface area contributed by atoms with Gasteiger partial charge in [-0.15, -0.1) is 0 Å². The van der Waals surface area contributed by atoms with Gasteiger partial charge >= 0.3 is 0 Å². The molecule has 0 saturated heterocycles. The minimum atomic E-state index is 0.273. The molecule has 1 aliphatic carbocycles. The number of benzene rings is 1. The van der Waals surface area contributed by atoms with Crippen LogP contribution in [0, 0.1) is 0 Å². The predicted octanol–water partition coefficient (Wildman–Crippen LogP) is 3.38. The largest absolute Gasteiger partial charge is 0.494 e. The molecule has 0 N–H and O–H groups in total. The van der Waals surface area contributed by atoms with Crippen LogP contribution in [0.25, 0.3) is 0 Å².